The number of carbonyl (C=O) groups is 1. The van der Waals surface area contributed by atoms with Crippen LogP contribution in [0.3, 0.4) is 0 Å². The summed E-state index contributed by atoms with van der Waals surface area (Å²) in [6.45, 7) is 2.25. The number of nitrogens with zero attached hydrogens (tertiary/aromatic N) is 2. The van der Waals surface area contributed by atoms with E-state index in [4.69, 9.17) is 9.47 Å². The zero-order valence-corrected chi connectivity index (χ0v) is 14.9. The Bertz CT molecular complexity index is 884. The molecule has 6 heteroatoms. The van der Waals surface area contributed by atoms with Gasteiger partial charge >= 0.3 is 5.97 Å². The third kappa shape index (κ3) is 4.28. The normalized spacial score (nSPS) is 10.6. The van der Waals surface area contributed by atoms with E-state index in [0.29, 0.717) is 23.1 Å². The lowest BCUT2D eigenvalue weighted by Gasteiger charge is -2.07. The molecule has 0 spiro atoms. The van der Waals surface area contributed by atoms with Crippen LogP contribution < -0.4 is 4.74 Å². The highest BCUT2D eigenvalue weighted by molar-refractivity contribution is 7.99. The number of thioether (sulfide) groups is 1. The predicted octanol–water partition coefficient (Wildman–Crippen LogP) is 3.90. The molecule has 1 heterocycles. The number of ether oxygens (including phenoxy) is 2. The topological polar surface area (TPSA) is 61.3 Å². The molecule has 25 heavy (non-hydrogen) atoms. The van der Waals surface area contributed by atoms with Crippen molar-refractivity contribution in [2.45, 2.75) is 12.1 Å². The molecule has 0 aliphatic heterocycles. The number of hydrogen-bond acceptors (Lipinski definition) is 6. The van der Waals surface area contributed by atoms with Crippen molar-refractivity contribution >= 4 is 28.6 Å². The van der Waals surface area contributed by atoms with Gasteiger partial charge in [-0.25, -0.2) is 14.8 Å². The van der Waals surface area contributed by atoms with Gasteiger partial charge in [0, 0.05) is 16.8 Å². The van der Waals surface area contributed by atoms with Crippen molar-refractivity contribution in [2.24, 2.45) is 0 Å². The van der Waals surface area contributed by atoms with Crippen LogP contribution >= 0.6 is 11.8 Å². The summed E-state index contributed by atoms with van der Waals surface area (Å²) >= 11 is 1.47. The van der Waals surface area contributed by atoms with Gasteiger partial charge in [-0.3, -0.25) is 0 Å². The number of carbonyl (C=O) groups excluding carboxylic acids is 1. The summed E-state index contributed by atoms with van der Waals surface area (Å²) in [5.41, 5.74) is 2.32. The summed E-state index contributed by atoms with van der Waals surface area (Å²) in [5.74, 6) is 1.07. The minimum Gasteiger partial charge on any atom is -0.497 e. The number of benzene rings is 2. The quantitative estimate of drug-likeness (QED) is 0.290. The van der Waals surface area contributed by atoms with E-state index in [-0.39, 0.29) is 5.97 Å². The van der Waals surface area contributed by atoms with Gasteiger partial charge in [0.2, 0.25) is 0 Å². The van der Waals surface area contributed by atoms with Gasteiger partial charge in [-0.15, -0.1) is 0 Å². The van der Waals surface area contributed by atoms with Gasteiger partial charge in [0.1, 0.15) is 12.4 Å². The van der Waals surface area contributed by atoms with E-state index in [1.807, 2.05) is 43.3 Å². The fourth-order valence-corrected chi connectivity index (χ4v) is 3.06. The van der Waals surface area contributed by atoms with Gasteiger partial charge in [-0.1, -0.05) is 30.0 Å². The van der Waals surface area contributed by atoms with Crippen molar-refractivity contribution in [3.05, 3.63) is 59.8 Å². The van der Waals surface area contributed by atoms with E-state index < -0.39 is 0 Å². The molecule has 128 valence electrons. The lowest BCUT2D eigenvalue weighted by molar-refractivity contribution is 0.0530. The monoisotopic (exact) mass is 354 g/mol. The fourth-order valence-electron chi connectivity index (χ4n) is 2.35. The van der Waals surface area contributed by atoms with E-state index >= 15 is 0 Å². The third-order valence-corrected chi connectivity index (χ3v) is 4.44. The van der Waals surface area contributed by atoms with Crippen molar-refractivity contribution in [3.8, 4) is 5.75 Å². The van der Waals surface area contributed by atoms with Crippen molar-refractivity contribution in [1.82, 2.24) is 9.97 Å². The standard InChI is InChI=1S/C19H18N2O3S/c1-13-16-12-15(23-2)8-9-17(16)21-19(20-13)25-11-10-24-18(22)14-6-4-3-5-7-14/h3-9,12H,10-11H2,1-2H3. The third-order valence-electron chi connectivity index (χ3n) is 3.63. The fraction of sp³-hybridized carbons (Fsp3) is 0.211. The maximum atomic E-state index is 11.9. The summed E-state index contributed by atoms with van der Waals surface area (Å²) in [6, 6.07) is 14.7. The van der Waals surface area contributed by atoms with E-state index in [2.05, 4.69) is 9.97 Å². The Labute approximate surface area is 150 Å². The van der Waals surface area contributed by atoms with Gasteiger partial charge in [0.25, 0.3) is 0 Å². The molecule has 0 atom stereocenters. The molecule has 5 nitrogen and oxygen atoms in total. The molecule has 1 aromatic heterocycles. The Kier molecular flexibility index (Phi) is 5.50. The number of hydrogen-bond donors (Lipinski definition) is 0. The Morgan fingerprint density at radius 2 is 1.92 bits per heavy atom. The predicted molar refractivity (Wildman–Crippen MR) is 98.3 cm³/mol. The van der Waals surface area contributed by atoms with Crippen LogP contribution in [-0.4, -0.2) is 35.4 Å². The number of fused-ring (bicyclic) bond motifs is 1. The number of aromatic nitrogens is 2. The molecule has 0 radical (unpaired) electrons. The number of rotatable bonds is 6. The molecule has 0 aliphatic rings. The Balaban J connectivity index is 1.59. The minimum atomic E-state index is -0.316. The van der Waals surface area contributed by atoms with Gasteiger partial charge in [0.05, 0.1) is 18.2 Å². The number of aryl methyl sites for hydroxylation is 1. The Morgan fingerprint density at radius 3 is 2.68 bits per heavy atom. The summed E-state index contributed by atoms with van der Waals surface area (Å²) < 4.78 is 10.5. The summed E-state index contributed by atoms with van der Waals surface area (Å²) in [7, 11) is 1.64. The molecular weight excluding hydrogens is 336 g/mol. The summed E-state index contributed by atoms with van der Waals surface area (Å²) in [5, 5.41) is 1.64. The second-order valence-electron chi connectivity index (χ2n) is 5.33. The lowest BCUT2D eigenvalue weighted by Crippen LogP contribution is -2.08. The summed E-state index contributed by atoms with van der Waals surface area (Å²) in [6.07, 6.45) is 0. The molecule has 0 amide bonds. The van der Waals surface area contributed by atoms with E-state index in [9.17, 15) is 4.79 Å². The van der Waals surface area contributed by atoms with Crippen molar-refractivity contribution in [2.75, 3.05) is 19.5 Å². The van der Waals surface area contributed by atoms with Crippen LogP contribution in [0, 0.1) is 6.92 Å². The van der Waals surface area contributed by atoms with Crippen molar-refractivity contribution < 1.29 is 14.3 Å². The van der Waals surface area contributed by atoms with Crippen LogP contribution in [0.4, 0.5) is 0 Å². The van der Waals surface area contributed by atoms with E-state index in [1.165, 1.54) is 11.8 Å². The Morgan fingerprint density at radius 1 is 1.12 bits per heavy atom. The summed E-state index contributed by atoms with van der Waals surface area (Å²) in [4.78, 5) is 20.9. The largest absolute Gasteiger partial charge is 0.497 e. The first-order valence-corrected chi connectivity index (χ1v) is 8.83. The first-order valence-electron chi connectivity index (χ1n) is 7.85. The highest BCUT2D eigenvalue weighted by atomic mass is 32.2. The average molecular weight is 354 g/mol. The SMILES string of the molecule is COc1ccc2nc(SCCOC(=O)c3ccccc3)nc(C)c2c1. The zero-order chi connectivity index (χ0) is 17.6. The maximum absolute atomic E-state index is 11.9. The average Bonchev–Trinajstić information content (AvgIpc) is 2.65. The first kappa shape index (κ1) is 17.2. The Hall–Kier alpha value is -2.60. The van der Waals surface area contributed by atoms with Crippen LogP contribution in [0.15, 0.2) is 53.7 Å². The van der Waals surface area contributed by atoms with Gasteiger partial charge in [-0.2, -0.15) is 0 Å². The molecule has 3 rings (SSSR count). The maximum Gasteiger partial charge on any atom is 0.338 e. The van der Waals surface area contributed by atoms with Crippen molar-refractivity contribution in [3.63, 3.8) is 0 Å². The molecule has 3 aromatic rings. The number of methoxy groups -OCH3 is 1. The van der Waals surface area contributed by atoms with Gasteiger partial charge in [-0.05, 0) is 37.3 Å². The first-order chi connectivity index (χ1) is 12.2. The minimum absolute atomic E-state index is 0.307. The van der Waals surface area contributed by atoms with Crippen LogP contribution in [-0.2, 0) is 4.74 Å². The van der Waals surface area contributed by atoms with E-state index in [1.54, 1.807) is 19.2 Å². The molecule has 0 bridgehead atoms. The molecule has 0 N–H and O–H groups in total. The highest BCUT2D eigenvalue weighted by Gasteiger charge is 2.08. The lowest BCUT2D eigenvalue weighted by atomic mass is 10.2. The van der Waals surface area contributed by atoms with E-state index in [0.717, 1.165) is 22.3 Å². The second kappa shape index (κ2) is 7.98. The molecule has 0 aliphatic carbocycles. The number of esters is 1. The van der Waals surface area contributed by atoms with Crippen molar-refractivity contribution in [1.29, 1.82) is 0 Å². The molecule has 0 saturated heterocycles. The van der Waals surface area contributed by atoms with Crippen LogP contribution in [0.2, 0.25) is 0 Å². The van der Waals surface area contributed by atoms with Gasteiger partial charge in [0.15, 0.2) is 5.16 Å². The smallest absolute Gasteiger partial charge is 0.338 e. The highest BCUT2D eigenvalue weighted by Crippen LogP contribution is 2.24. The van der Waals surface area contributed by atoms with Crippen LogP contribution in [0.1, 0.15) is 16.1 Å². The molecule has 0 unspecified atom stereocenters. The second-order valence-corrected chi connectivity index (χ2v) is 6.39. The zero-order valence-electron chi connectivity index (χ0n) is 14.1. The molecular formula is C19H18N2O3S. The molecule has 2 aromatic carbocycles. The van der Waals surface area contributed by atoms with Gasteiger partial charge < -0.3 is 9.47 Å². The molecule has 0 saturated carbocycles. The van der Waals surface area contributed by atoms with Crippen LogP contribution in [0.25, 0.3) is 10.9 Å². The molecule has 0 fully saturated rings. The van der Waals surface area contributed by atoms with Crippen LogP contribution in [0.5, 0.6) is 5.75 Å².